The van der Waals surface area contributed by atoms with E-state index < -0.39 is 5.41 Å². The Labute approximate surface area is 418 Å². The Morgan fingerprint density at radius 3 is 1.04 bits per heavy atom. The second-order valence-corrected chi connectivity index (χ2v) is 20.9. The number of hydrogen-bond donors (Lipinski definition) is 0. The fourth-order valence-corrected chi connectivity index (χ4v) is 13.6. The number of fused-ring (bicyclic) bond motifs is 12. The molecule has 4 aliphatic rings. The third kappa shape index (κ3) is 6.97. The van der Waals surface area contributed by atoms with Crippen molar-refractivity contribution in [3.63, 3.8) is 0 Å². The molecule has 2 fully saturated rings. The van der Waals surface area contributed by atoms with Gasteiger partial charge in [-0.25, -0.2) is 0 Å². The zero-order valence-electron chi connectivity index (χ0n) is 40.4. The minimum atomic E-state index is -0.544. The highest BCUT2D eigenvalue weighted by Gasteiger charge is 2.52. The quantitative estimate of drug-likeness (QED) is 0.150. The first-order valence-corrected chi connectivity index (χ1v) is 26.5. The zero-order chi connectivity index (χ0) is 46.9. The summed E-state index contributed by atoms with van der Waals surface area (Å²) >= 11 is 0. The lowest BCUT2D eigenvalue weighted by Crippen LogP contribution is -2.26. The van der Waals surface area contributed by atoms with Crippen LogP contribution in [-0.2, 0) is 5.41 Å². The van der Waals surface area contributed by atoms with Crippen LogP contribution in [0.2, 0.25) is 0 Å². The fraction of sp³-hybridized carbons (Fsp3) is 0.188. The minimum Gasteiger partial charge on any atom is -0.310 e. The molecule has 0 N–H and O–H groups in total. The van der Waals surface area contributed by atoms with Crippen molar-refractivity contribution in [1.29, 1.82) is 0 Å². The lowest BCUT2D eigenvalue weighted by atomic mass is 9.70. The predicted molar refractivity (Wildman–Crippen MR) is 299 cm³/mol. The summed E-state index contributed by atoms with van der Waals surface area (Å²) in [5, 5.41) is 5.09. The van der Waals surface area contributed by atoms with Crippen molar-refractivity contribution in [2.75, 3.05) is 9.80 Å². The van der Waals surface area contributed by atoms with Gasteiger partial charge in [0, 0.05) is 34.1 Å². The molecular formula is C69H58N2. The molecule has 0 atom stereocenters. The lowest BCUT2D eigenvalue weighted by Gasteiger charge is -2.32. The van der Waals surface area contributed by atoms with Crippen molar-refractivity contribution in [3.8, 4) is 22.3 Å². The van der Waals surface area contributed by atoms with Crippen LogP contribution in [0.4, 0.5) is 34.1 Å². The van der Waals surface area contributed by atoms with Gasteiger partial charge in [-0.1, -0.05) is 160 Å². The summed E-state index contributed by atoms with van der Waals surface area (Å²) in [6, 6.07) is 83.8. The maximum atomic E-state index is 2.53. The van der Waals surface area contributed by atoms with Gasteiger partial charge in [-0.15, -0.1) is 0 Å². The number of anilines is 6. The van der Waals surface area contributed by atoms with E-state index in [4.69, 9.17) is 0 Å². The molecule has 0 amide bonds. The molecule has 10 aromatic rings. The van der Waals surface area contributed by atoms with Gasteiger partial charge >= 0.3 is 0 Å². The molecule has 2 nitrogen and oxygen atoms in total. The zero-order valence-corrected chi connectivity index (χ0v) is 40.4. The molecule has 71 heavy (non-hydrogen) atoms. The van der Waals surface area contributed by atoms with Gasteiger partial charge in [0.15, 0.2) is 0 Å². The maximum absolute atomic E-state index is 2.53. The highest BCUT2D eigenvalue weighted by atomic mass is 15.1. The largest absolute Gasteiger partial charge is 0.310 e. The summed E-state index contributed by atoms with van der Waals surface area (Å²) in [6.45, 7) is 0. The Bertz CT molecular complexity index is 3390. The molecule has 0 radical (unpaired) electrons. The smallest absolute Gasteiger partial charge is 0.0726 e. The Hall–Kier alpha value is -7.68. The Kier molecular flexibility index (Phi) is 10.3. The molecule has 0 heterocycles. The van der Waals surface area contributed by atoms with Crippen LogP contribution in [-0.4, -0.2) is 0 Å². The summed E-state index contributed by atoms with van der Waals surface area (Å²) in [7, 11) is 0. The van der Waals surface area contributed by atoms with Crippen molar-refractivity contribution in [2.45, 2.75) is 81.5 Å². The first-order valence-electron chi connectivity index (χ1n) is 26.5. The van der Waals surface area contributed by atoms with Crippen LogP contribution in [0.3, 0.4) is 0 Å². The Morgan fingerprint density at radius 1 is 0.268 bits per heavy atom. The lowest BCUT2D eigenvalue weighted by molar-refractivity contribution is 0.443. The molecule has 0 unspecified atom stereocenters. The molecular weight excluding hydrogens is 857 g/mol. The second kappa shape index (κ2) is 17.3. The topological polar surface area (TPSA) is 6.48 Å². The van der Waals surface area contributed by atoms with Crippen LogP contribution in [0.25, 0.3) is 43.8 Å². The standard InChI is InChI=1S/C69H58N2/c1-5-19-47(20-6-1)49-27-17-33-57(39-49)70(55-29-9-3-10-30-55)59-35-37-65-63(45-59)64-46-60(71(56-31-11-4-12-32-56)58-34-18-28-50(40-58)48-21-7-2-8-22-48)36-38-66(64)69(65)67-43-53-25-15-13-23-51(53)41-61(67)62-42-52-24-14-16-26-54(52)44-68(62)69/h3-4,9-18,23-48H,1-2,5-8,19-22H2. The van der Waals surface area contributed by atoms with E-state index >= 15 is 0 Å². The molecule has 2 saturated carbocycles. The SMILES string of the molecule is c1ccc(N(c2cccc(C3CCCCC3)c2)c2ccc3c(c2)-c2cc(N(c4ccccc4)c4cccc(C5CCCCC5)c4)ccc2C32c3cc4ccccc4cc3-c3cc4ccccc4cc32)cc1. The number of nitrogens with zero attached hydrogens (tertiary/aromatic N) is 2. The molecule has 14 rings (SSSR count). The van der Waals surface area contributed by atoms with E-state index in [0.29, 0.717) is 11.8 Å². The number of rotatable bonds is 8. The van der Waals surface area contributed by atoms with Gasteiger partial charge in [-0.3, -0.25) is 0 Å². The molecule has 0 aromatic heterocycles. The summed E-state index contributed by atoms with van der Waals surface area (Å²) in [4.78, 5) is 5.01. The first-order chi connectivity index (χ1) is 35.2. The van der Waals surface area contributed by atoms with E-state index in [1.165, 1.54) is 164 Å². The van der Waals surface area contributed by atoms with E-state index in [-0.39, 0.29) is 0 Å². The van der Waals surface area contributed by atoms with Crippen molar-refractivity contribution in [3.05, 3.63) is 252 Å². The number of para-hydroxylation sites is 2. The average molecular weight is 915 g/mol. The van der Waals surface area contributed by atoms with Crippen LogP contribution in [0, 0.1) is 0 Å². The molecule has 4 aliphatic carbocycles. The van der Waals surface area contributed by atoms with Crippen LogP contribution >= 0.6 is 0 Å². The molecule has 0 aliphatic heterocycles. The molecule has 2 heteroatoms. The Balaban J connectivity index is 1.03. The average Bonchev–Trinajstić information content (AvgIpc) is 3.88. The van der Waals surface area contributed by atoms with Gasteiger partial charge < -0.3 is 9.80 Å². The van der Waals surface area contributed by atoms with Gasteiger partial charge in [0.2, 0.25) is 0 Å². The summed E-state index contributed by atoms with van der Waals surface area (Å²) < 4.78 is 0. The summed E-state index contributed by atoms with van der Waals surface area (Å²) in [6.07, 6.45) is 13.1. The fourth-order valence-electron chi connectivity index (χ4n) is 13.6. The third-order valence-electron chi connectivity index (χ3n) is 16.9. The van der Waals surface area contributed by atoms with E-state index in [9.17, 15) is 0 Å². The second-order valence-electron chi connectivity index (χ2n) is 20.9. The molecule has 1 spiro atoms. The number of hydrogen-bond acceptors (Lipinski definition) is 2. The predicted octanol–water partition coefficient (Wildman–Crippen LogP) is 19.4. The van der Waals surface area contributed by atoms with Crippen molar-refractivity contribution in [1.82, 2.24) is 0 Å². The van der Waals surface area contributed by atoms with Gasteiger partial charge in [0.25, 0.3) is 0 Å². The molecule has 344 valence electrons. The van der Waals surface area contributed by atoms with Crippen LogP contribution in [0.1, 0.15) is 109 Å². The third-order valence-corrected chi connectivity index (χ3v) is 16.9. The van der Waals surface area contributed by atoms with Gasteiger partial charge in [0.05, 0.1) is 5.41 Å². The normalized spacial score (nSPS) is 15.9. The van der Waals surface area contributed by atoms with E-state index in [0.717, 1.165) is 11.4 Å². The highest BCUT2D eigenvalue weighted by molar-refractivity contribution is 6.04. The molecule has 0 bridgehead atoms. The summed E-state index contributed by atoms with van der Waals surface area (Å²) in [5.41, 5.74) is 20.1. The monoisotopic (exact) mass is 914 g/mol. The first kappa shape index (κ1) is 42.2. The van der Waals surface area contributed by atoms with Crippen molar-refractivity contribution < 1.29 is 0 Å². The van der Waals surface area contributed by atoms with E-state index in [1.54, 1.807) is 0 Å². The van der Waals surface area contributed by atoms with Crippen molar-refractivity contribution in [2.24, 2.45) is 0 Å². The number of benzene rings is 10. The van der Waals surface area contributed by atoms with E-state index in [1.807, 2.05) is 0 Å². The van der Waals surface area contributed by atoms with Crippen LogP contribution in [0.15, 0.2) is 218 Å². The minimum absolute atomic E-state index is 0.544. The van der Waals surface area contributed by atoms with Crippen molar-refractivity contribution >= 4 is 55.7 Å². The molecule has 0 saturated heterocycles. The highest BCUT2D eigenvalue weighted by Crippen LogP contribution is 2.65. The Morgan fingerprint density at radius 2 is 0.620 bits per heavy atom. The van der Waals surface area contributed by atoms with Gasteiger partial charge in [-0.05, 0) is 212 Å². The van der Waals surface area contributed by atoms with Crippen LogP contribution in [0.5, 0.6) is 0 Å². The molecule has 10 aromatic carbocycles. The van der Waals surface area contributed by atoms with Gasteiger partial charge in [-0.2, -0.15) is 0 Å². The van der Waals surface area contributed by atoms with E-state index in [2.05, 4.69) is 228 Å². The van der Waals surface area contributed by atoms with Gasteiger partial charge in [0.1, 0.15) is 0 Å². The maximum Gasteiger partial charge on any atom is 0.0726 e. The van der Waals surface area contributed by atoms with Crippen LogP contribution < -0.4 is 9.80 Å². The summed E-state index contributed by atoms with van der Waals surface area (Å²) in [5.74, 6) is 1.22.